The number of nitrogens with zero attached hydrogens (tertiary/aromatic N) is 2. The average molecular weight is 580 g/mol. The van der Waals surface area contributed by atoms with Crippen molar-refractivity contribution >= 4 is 29.1 Å². The maximum absolute atomic E-state index is 14.7. The SMILES string of the molecule is O=C(NC1CCC(CN2C(=O)C(O)(c3cc(F)cc(F)c3F)c3ccccc32)CC1)c1cc(Cl)cnc1C(F)F. The normalized spacial score (nSPS) is 22.5. The fourth-order valence-electron chi connectivity index (χ4n) is 5.51. The lowest BCUT2D eigenvalue weighted by Crippen LogP contribution is -2.45. The first-order valence-electron chi connectivity index (χ1n) is 12.5. The Labute approximate surface area is 230 Å². The number of aromatic nitrogens is 1. The number of benzene rings is 2. The predicted molar refractivity (Wildman–Crippen MR) is 136 cm³/mol. The standard InChI is InChI=1S/C28H23ClF5N3O3/c29-15-9-18(24(25(33)34)35-12-15)26(38)36-17-7-5-14(6-8-17)13-37-22-4-2-1-3-19(22)28(40,27(37)39)20-10-16(30)11-21(31)23(20)32/h1-4,9-12,14,17,25,40H,5-8,13H2,(H,36,38). The molecule has 5 rings (SSSR count). The van der Waals surface area contributed by atoms with Gasteiger partial charge in [0.1, 0.15) is 11.5 Å². The van der Waals surface area contributed by atoms with Crippen LogP contribution >= 0.6 is 11.6 Å². The number of carbonyl (C=O) groups is 2. The summed E-state index contributed by atoms with van der Waals surface area (Å²) in [6, 6.07) is 7.87. The van der Waals surface area contributed by atoms with Gasteiger partial charge in [-0.3, -0.25) is 14.6 Å². The Bertz CT molecular complexity index is 1480. The number of aliphatic hydroxyl groups is 1. The molecule has 0 radical (unpaired) electrons. The molecule has 1 aliphatic heterocycles. The molecule has 2 aliphatic rings. The van der Waals surface area contributed by atoms with E-state index in [-0.39, 0.29) is 34.7 Å². The van der Waals surface area contributed by atoms with Gasteiger partial charge in [-0.25, -0.2) is 22.0 Å². The number of hydrogen-bond donors (Lipinski definition) is 2. The lowest BCUT2D eigenvalue weighted by atomic mass is 9.85. The molecule has 40 heavy (non-hydrogen) atoms. The van der Waals surface area contributed by atoms with Gasteiger partial charge in [-0.05, 0) is 49.8 Å². The van der Waals surface area contributed by atoms with Crippen LogP contribution in [-0.4, -0.2) is 34.5 Å². The Morgan fingerprint density at radius 2 is 1.80 bits per heavy atom. The summed E-state index contributed by atoms with van der Waals surface area (Å²) >= 11 is 5.84. The number of carbonyl (C=O) groups excluding carboxylic acids is 2. The van der Waals surface area contributed by atoms with Crippen molar-refractivity contribution in [2.45, 2.75) is 43.8 Å². The number of pyridine rings is 1. The van der Waals surface area contributed by atoms with Gasteiger partial charge in [0.15, 0.2) is 17.2 Å². The summed E-state index contributed by atoms with van der Waals surface area (Å²) < 4.78 is 69.4. The fourth-order valence-corrected chi connectivity index (χ4v) is 5.67. The van der Waals surface area contributed by atoms with Crippen LogP contribution in [0.2, 0.25) is 5.02 Å². The first kappa shape index (κ1) is 28.0. The van der Waals surface area contributed by atoms with E-state index in [0.717, 1.165) is 12.3 Å². The van der Waals surface area contributed by atoms with Gasteiger partial charge in [-0.2, -0.15) is 0 Å². The zero-order valence-corrected chi connectivity index (χ0v) is 21.6. The third-order valence-corrected chi connectivity index (χ3v) is 7.69. The van der Waals surface area contributed by atoms with Crippen molar-refractivity contribution in [3.05, 3.63) is 93.5 Å². The van der Waals surface area contributed by atoms with Crippen LogP contribution in [0.25, 0.3) is 0 Å². The smallest absolute Gasteiger partial charge is 0.281 e. The molecule has 1 aromatic heterocycles. The Kier molecular flexibility index (Phi) is 7.54. The van der Waals surface area contributed by atoms with Gasteiger partial charge in [0.05, 0.1) is 16.3 Å². The Hall–Kier alpha value is -3.57. The number of fused-ring (bicyclic) bond motifs is 1. The monoisotopic (exact) mass is 579 g/mol. The van der Waals surface area contributed by atoms with Crippen molar-refractivity contribution in [3.63, 3.8) is 0 Å². The Morgan fingerprint density at radius 3 is 2.50 bits per heavy atom. The molecular formula is C28H23ClF5N3O3. The van der Waals surface area contributed by atoms with Crippen LogP contribution in [0.4, 0.5) is 27.6 Å². The molecule has 2 aromatic carbocycles. The second kappa shape index (κ2) is 10.8. The Balaban J connectivity index is 1.30. The van der Waals surface area contributed by atoms with E-state index >= 15 is 0 Å². The highest BCUT2D eigenvalue weighted by Crippen LogP contribution is 2.46. The minimum Gasteiger partial charge on any atom is -0.372 e. The second-order valence-electron chi connectivity index (χ2n) is 9.97. The number of rotatable bonds is 6. The largest absolute Gasteiger partial charge is 0.372 e. The average Bonchev–Trinajstić information content (AvgIpc) is 3.14. The fraction of sp³-hybridized carbons (Fsp3) is 0.321. The number of anilines is 1. The maximum Gasteiger partial charge on any atom is 0.281 e. The molecule has 2 N–H and O–H groups in total. The van der Waals surface area contributed by atoms with E-state index in [1.165, 1.54) is 17.0 Å². The van der Waals surface area contributed by atoms with Crippen LogP contribution in [0.3, 0.4) is 0 Å². The van der Waals surface area contributed by atoms with Gasteiger partial charge < -0.3 is 15.3 Å². The molecule has 0 saturated heterocycles. The summed E-state index contributed by atoms with van der Waals surface area (Å²) in [6.07, 6.45) is 0.119. The first-order chi connectivity index (χ1) is 19.0. The zero-order chi connectivity index (χ0) is 28.8. The molecule has 1 fully saturated rings. The van der Waals surface area contributed by atoms with E-state index in [0.29, 0.717) is 43.5 Å². The number of alkyl halides is 2. The predicted octanol–water partition coefficient (Wildman–Crippen LogP) is 5.66. The third-order valence-electron chi connectivity index (χ3n) is 7.48. The molecule has 2 heterocycles. The van der Waals surface area contributed by atoms with Crippen LogP contribution in [0.5, 0.6) is 0 Å². The molecule has 2 amide bonds. The van der Waals surface area contributed by atoms with Gasteiger partial charge in [0.2, 0.25) is 0 Å². The van der Waals surface area contributed by atoms with Crippen LogP contribution in [-0.2, 0) is 10.4 Å². The minimum atomic E-state index is -2.95. The minimum absolute atomic E-state index is 0.00909. The molecule has 12 heteroatoms. The van der Waals surface area contributed by atoms with Crippen molar-refractivity contribution < 1.29 is 36.6 Å². The zero-order valence-electron chi connectivity index (χ0n) is 20.8. The van der Waals surface area contributed by atoms with Crippen molar-refractivity contribution in [1.82, 2.24) is 10.3 Å². The molecule has 1 unspecified atom stereocenters. The van der Waals surface area contributed by atoms with E-state index in [4.69, 9.17) is 11.6 Å². The summed E-state index contributed by atoms with van der Waals surface area (Å²) in [7, 11) is 0. The van der Waals surface area contributed by atoms with E-state index < -0.39 is 52.5 Å². The van der Waals surface area contributed by atoms with Crippen molar-refractivity contribution in [2.24, 2.45) is 5.92 Å². The molecule has 0 bridgehead atoms. The highest BCUT2D eigenvalue weighted by Gasteiger charge is 2.53. The highest BCUT2D eigenvalue weighted by atomic mass is 35.5. The maximum atomic E-state index is 14.7. The van der Waals surface area contributed by atoms with Crippen molar-refractivity contribution in [2.75, 3.05) is 11.4 Å². The topological polar surface area (TPSA) is 82.5 Å². The van der Waals surface area contributed by atoms with Gasteiger partial charge in [0.25, 0.3) is 18.2 Å². The summed E-state index contributed by atoms with van der Waals surface area (Å²) in [6.45, 7) is 0.131. The lowest BCUT2D eigenvalue weighted by molar-refractivity contribution is -0.132. The van der Waals surface area contributed by atoms with E-state index in [9.17, 15) is 36.6 Å². The number of para-hydroxylation sites is 1. The number of halogens is 6. The molecule has 1 saturated carbocycles. The summed E-state index contributed by atoms with van der Waals surface area (Å²) in [5.74, 6) is -5.92. The van der Waals surface area contributed by atoms with E-state index in [1.54, 1.807) is 12.1 Å². The van der Waals surface area contributed by atoms with Gasteiger partial charge >= 0.3 is 0 Å². The number of amides is 2. The third kappa shape index (κ3) is 4.92. The number of hydrogen-bond acceptors (Lipinski definition) is 4. The first-order valence-corrected chi connectivity index (χ1v) is 12.9. The van der Waals surface area contributed by atoms with Gasteiger partial charge in [-0.15, -0.1) is 0 Å². The van der Waals surface area contributed by atoms with Gasteiger partial charge in [0, 0.05) is 36.0 Å². The quantitative estimate of drug-likeness (QED) is 0.292. The van der Waals surface area contributed by atoms with Crippen molar-refractivity contribution in [1.29, 1.82) is 0 Å². The molecule has 1 aliphatic carbocycles. The molecular weight excluding hydrogens is 557 g/mol. The molecule has 3 aromatic rings. The van der Waals surface area contributed by atoms with Crippen LogP contribution in [0.1, 0.15) is 59.3 Å². The molecule has 0 spiro atoms. The van der Waals surface area contributed by atoms with E-state index in [2.05, 4.69) is 10.3 Å². The molecule has 210 valence electrons. The second-order valence-corrected chi connectivity index (χ2v) is 10.4. The van der Waals surface area contributed by atoms with Crippen molar-refractivity contribution in [3.8, 4) is 0 Å². The van der Waals surface area contributed by atoms with Crippen LogP contribution < -0.4 is 10.2 Å². The lowest BCUT2D eigenvalue weighted by Gasteiger charge is -2.32. The molecule has 1 atom stereocenters. The Morgan fingerprint density at radius 1 is 1.10 bits per heavy atom. The summed E-state index contributed by atoms with van der Waals surface area (Å²) in [5, 5.41) is 14.3. The summed E-state index contributed by atoms with van der Waals surface area (Å²) in [4.78, 5) is 31.1. The molecule has 6 nitrogen and oxygen atoms in total. The van der Waals surface area contributed by atoms with Gasteiger partial charge in [-0.1, -0.05) is 29.8 Å². The highest BCUT2D eigenvalue weighted by molar-refractivity contribution is 6.30. The van der Waals surface area contributed by atoms with E-state index in [1.807, 2.05) is 0 Å². The van der Waals surface area contributed by atoms with Crippen LogP contribution in [0, 0.1) is 23.4 Å². The number of nitrogens with one attached hydrogen (secondary N) is 1. The summed E-state index contributed by atoms with van der Waals surface area (Å²) in [5.41, 5.74) is -4.09. The van der Waals surface area contributed by atoms with Crippen LogP contribution in [0.15, 0.2) is 48.7 Å².